The summed E-state index contributed by atoms with van der Waals surface area (Å²) in [4.78, 5) is 12.8. The molecule has 3 rings (SSSR count). The number of rotatable bonds is 2. The van der Waals surface area contributed by atoms with Gasteiger partial charge in [-0.2, -0.15) is 0 Å². The number of fused-ring (bicyclic) bond motifs is 1. The third-order valence-electron chi connectivity index (χ3n) is 3.54. The number of halogens is 2. The Labute approximate surface area is 130 Å². The minimum atomic E-state index is -0.495. The van der Waals surface area contributed by atoms with Crippen molar-refractivity contribution in [3.63, 3.8) is 0 Å². The highest BCUT2D eigenvalue weighted by atomic mass is 79.9. The fraction of sp³-hybridized carbons (Fsp3) is 0.118. The largest absolute Gasteiger partial charge is 0.280 e. The van der Waals surface area contributed by atoms with Crippen LogP contribution in [0.5, 0.6) is 0 Å². The molecule has 3 aromatic rings. The van der Waals surface area contributed by atoms with E-state index in [1.165, 1.54) is 6.07 Å². The predicted molar refractivity (Wildman–Crippen MR) is 86.6 cm³/mol. The van der Waals surface area contributed by atoms with Crippen LogP contribution in [0.4, 0.5) is 4.39 Å². The molecule has 0 bridgehead atoms. The van der Waals surface area contributed by atoms with Crippen molar-refractivity contribution in [1.29, 1.82) is 0 Å². The molecule has 106 valence electrons. The molecule has 21 heavy (non-hydrogen) atoms. The van der Waals surface area contributed by atoms with Crippen LogP contribution in [-0.4, -0.2) is 4.57 Å². The van der Waals surface area contributed by atoms with Crippen LogP contribution in [0.25, 0.3) is 16.5 Å². The molecule has 0 spiro atoms. The zero-order valence-corrected chi connectivity index (χ0v) is 13.0. The summed E-state index contributed by atoms with van der Waals surface area (Å²) < 4.78 is 16.5. The Morgan fingerprint density at radius 2 is 1.81 bits per heavy atom. The lowest BCUT2D eigenvalue weighted by Crippen LogP contribution is -2.23. The van der Waals surface area contributed by atoms with E-state index < -0.39 is 5.82 Å². The van der Waals surface area contributed by atoms with E-state index in [4.69, 9.17) is 0 Å². The first-order chi connectivity index (χ1) is 10.1. The van der Waals surface area contributed by atoms with Crippen molar-refractivity contribution in [2.24, 2.45) is 0 Å². The summed E-state index contributed by atoms with van der Waals surface area (Å²) in [5.41, 5.74) is 1.25. The molecule has 0 aliphatic carbocycles. The van der Waals surface area contributed by atoms with Gasteiger partial charge in [-0.1, -0.05) is 37.3 Å². The highest BCUT2D eigenvalue weighted by Gasteiger charge is 2.17. The Kier molecular flexibility index (Phi) is 3.64. The van der Waals surface area contributed by atoms with Crippen LogP contribution in [0.3, 0.4) is 0 Å². The van der Waals surface area contributed by atoms with Gasteiger partial charge in [-0.05, 0) is 40.5 Å². The highest BCUT2D eigenvalue weighted by Crippen LogP contribution is 2.28. The summed E-state index contributed by atoms with van der Waals surface area (Å²) in [5, 5.41) is 0.731. The topological polar surface area (TPSA) is 22.0 Å². The number of aromatic nitrogens is 1. The first-order valence-electron chi connectivity index (χ1n) is 6.72. The van der Waals surface area contributed by atoms with Gasteiger partial charge in [0.1, 0.15) is 5.82 Å². The summed E-state index contributed by atoms with van der Waals surface area (Å²) in [5.74, 6) is -0.495. The highest BCUT2D eigenvalue weighted by molar-refractivity contribution is 9.10. The fourth-order valence-corrected chi connectivity index (χ4v) is 3.36. The lowest BCUT2D eigenvalue weighted by molar-refractivity contribution is 0.637. The van der Waals surface area contributed by atoms with Crippen molar-refractivity contribution in [3.8, 4) is 5.69 Å². The molecule has 1 heterocycles. The van der Waals surface area contributed by atoms with E-state index in [0.29, 0.717) is 11.8 Å². The molecule has 0 saturated heterocycles. The third-order valence-corrected chi connectivity index (χ3v) is 4.42. The fourth-order valence-electron chi connectivity index (χ4n) is 2.58. The maximum atomic E-state index is 14.1. The van der Waals surface area contributed by atoms with Gasteiger partial charge in [0.15, 0.2) is 0 Å². The minimum Gasteiger partial charge on any atom is -0.280 e. The number of para-hydroxylation sites is 1. The number of benzene rings is 2. The first kappa shape index (κ1) is 14.0. The summed E-state index contributed by atoms with van der Waals surface area (Å²) in [7, 11) is 0. The number of pyridine rings is 1. The number of hydrogen-bond acceptors (Lipinski definition) is 1. The second-order valence-electron chi connectivity index (χ2n) is 4.75. The third kappa shape index (κ3) is 2.20. The summed E-state index contributed by atoms with van der Waals surface area (Å²) in [6, 6.07) is 14.0. The van der Waals surface area contributed by atoms with E-state index in [1.54, 1.807) is 16.7 Å². The van der Waals surface area contributed by atoms with Crippen molar-refractivity contribution < 1.29 is 4.39 Å². The second kappa shape index (κ2) is 5.45. The van der Waals surface area contributed by atoms with Crippen LogP contribution in [0.2, 0.25) is 0 Å². The van der Waals surface area contributed by atoms with Crippen LogP contribution in [0.15, 0.2) is 57.8 Å². The Morgan fingerprint density at radius 1 is 1.10 bits per heavy atom. The number of nitrogens with zero attached hydrogens (tertiary/aromatic N) is 1. The zero-order valence-electron chi connectivity index (χ0n) is 11.4. The molecule has 0 unspecified atom stereocenters. The van der Waals surface area contributed by atoms with Gasteiger partial charge in [0.05, 0.1) is 5.39 Å². The van der Waals surface area contributed by atoms with Crippen LogP contribution in [-0.2, 0) is 6.42 Å². The molecule has 0 radical (unpaired) electrons. The quantitative estimate of drug-likeness (QED) is 0.672. The van der Waals surface area contributed by atoms with Crippen molar-refractivity contribution >= 4 is 26.7 Å². The average Bonchev–Trinajstić information content (AvgIpc) is 2.51. The van der Waals surface area contributed by atoms with Crippen LogP contribution >= 0.6 is 15.9 Å². The van der Waals surface area contributed by atoms with Gasteiger partial charge in [-0.15, -0.1) is 0 Å². The molecule has 0 atom stereocenters. The van der Waals surface area contributed by atoms with Gasteiger partial charge in [0.2, 0.25) is 0 Å². The molecule has 2 nitrogen and oxygen atoms in total. The second-order valence-corrected chi connectivity index (χ2v) is 5.55. The molecule has 0 saturated carbocycles. The maximum Gasteiger partial charge on any atom is 0.266 e. The van der Waals surface area contributed by atoms with Gasteiger partial charge in [-0.3, -0.25) is 9.36 Å². The lowest BCUT2D eigenvalue weighted by atomic mass is 10.1. The van der Waals surface area contributed by atoms with Gasteiger partial charge in [-0.25, -0.2) is 4.39 Å². The molecular weight excluding hydrogens is 333 g/mol. The predicted octanol–water partition coefficient (Wildman–Crippen LogP) is 4.45. The van der Waals surface area contributed by atoms with Crippen molar-refractivity contribution in [2.45, 2.75) is 13.3 Å². The molecule has 2 aromatic carbocycles. The number of hydrogen-bond donors (Lipinski definition) is 0. The van der Waals surface area contributed by atoms with E-state index in [1.807, 2.05) is 37.3 Å². The molecule has 0 fully saturated rings. The molecule has 4 heteroatoms. The molecule has 0 aliphatic rings. The van der Waals surface area contributed by atoms with Crippen molar-refractivity contribution in [3.05, 3.63) is 74.9 Å². The zero-order chi connectivity index (χ0) is 15.0. The maximum absolute atomic E-state index is 14.1. The normalized spacial score (nSPS) is 11.0. The van der Waals surface area contributed by atoms with Gasteiger partial charge < -0.3 is 0 Å². The average molecular weight is 346 g/mol. The standard InChI is InChI=1S/C17H13BrFNO/c1-2-14-16(18)12-9-6-10-13(19)15(12)17(21)20(14)11-7-4-3-5-8-11/h3-10H,2H2,1H3. The van der Waals surface area contributed by atoms with E-state index in [0.717, 1.165) is 15.9 Å². The molecule has 0 amide bonds. The Balaban J connectivity index is 2.53. The first-order valence-corrected chi connectivity index (χ1v) is 7.51. The van der Waals surface area contributed by atoms with Crippen LogP contribution in [0, 0.1) is 5.82 Å². The Bertz CT molecular complexity index is 871. The Hall–Kier alpha value is -1.94. The smallest absolute Gasteiger partial charge is 0.266 e. The molecular formula is C17H13BrFNO. The minimum absolute atomic E-state index is 0.116. The van der Waals surface area contributed by atoms with E-state index in [2.05, 4.69) is 15.9 Å². The van der Waals surface area contributed by atoms with Gasteiger partial charge in [0.25, 0.3) is 5.56 Å². The molecule has 0 N–H and O–H groups in total. The van der Waals surface area contributed by atoms with Gasteiger partial charge >= 0.3 is 0 Å². The van der Waals surface area contributed by atoms with Gasteiger partial charge in [0, 0.05) is 21.2 Å². The van der Waals surface area contributed by atoms with Crippen LogP contribution < -0.4 is 5.56 Å². The van der Waals surface area contributed by atoms with Crippen LogP contribution in [0.1, 0.15) is 12.6 Å². The van der Waals surface area contributed by atoms with Crippen molar-refractivity contribution in [1.82, 2.24) is 4.57 Å². The molecule has 1 aromatic heterocycles. The van der Waals surface area contributed by atoms with E-state index >= 15 is 0 Å². The summed E-state index contributed by atoms with van der Waals surface area (Å²) in [6.45, 7) is 1.98. The SMILES string of the molecule is CCc1c(Br)c2cccc(F)c2c(=O)n1-c1ccccc1. The monoisotopic (exact) mass is 345 g/mol. The summed E-state index contributed by atoms with van der Waals surface area (Å²) in [6.07, 6.45) is 0.664. The summed E-state index contributed by atoms with van der Waals surface area (Å²) >= 11 is 3.53. The lowest BCUT2D eigenvalue weighted by Gasteiger charge is -2.16. The van der Waals surface area contributed by atoms with E-state index in [-0.39, 0.29) is 10.9 Å². The van der Waals surface area contributed by atoms with Crippen molar-refractivity contribution in [2.75, 3.05) is 0 Å². The molecule has 0 aliphatic heterocycles. The van der Waals surface area contributed by atoms with E-state index in [9.17, 15) is 9.18 Å². The Morgan fingerprint density at radius 3 is 2.48 bits per heavy atom.